The van der Waals surface area contributed by atoms with E-state index in [1.165, 1.54) is 189 Å². The first-order chi connectivity index (χ1) is 32.1. The molecule has 0 saturated heterocycles. The molecule has 0 heterocycles. The number of aryl methyl sites for hydroxylation is 2. The molecule has 0 bridgehead atoms. The van der Waals surface area contributed by atoms with Crippen LogP contribution < -0.4 is 20.1 Å². The van der Waals surface area contributed by atoms with E-state index >= 15 is 0 Å². The minimum atomic E-state index is -0.548. The molecule has 0 radical (unpaired) electrons. The SMILES string of the molecule is CCCCCCCCCc1cccc(OC(=O)NC2CC(C)(C)CC(C)(C(NC=O)Oc3cccc(CCCCCCCCC)c3CCCCCCCCC)C2)c1CCCCCCCCC. The molecular formula is C60H102N2O4. The number of amides is 2. The molecule has 2 amide bonds. The Bertz CT molecular complexity index is 1570. The molecule has 0 aromatic heterocycles. The Morgan fingerprint density at radius 1 is 0.561 bits per heavy atom. The maximum absolute atomic E-state index is 14.0. The summed E-state index contributed by atoms with van der Waals surface area (Å²) >= 11 is 0. The lowest BCUT2D eigenvalue weighted by Gasteiger charge is -2.49. The summed E-state index contributed by atoms with van der Waals surface area (Å²) in [5.74, 6) is 1.62. The van der Waals surface area contributed by atoms with E-state index in [1.807, 2.05) is 6.07 Å². The molecule has 2 aromatic carbocycles. The van der Waals surface area contributed by atoms with Gasteiger partial charge in [-0.25, -0.2) is 4.79 Å². The summed E-state index contributed by atoms with van der Waals surface area (Å²) in [6, 6.07) is 12.8. The summed E-state index contributed by atoms with van der Waals surface area (Å²) in [5.41, 5.74) is 4.72. The number of carbonyl (C=O) groups excluding carboxylic acids is 2. The summed E-state index contributed by atoms with van der Waals surface area (Å²) in [7, 11) is 0. The van der Waals surface area contributed by atoms with Crippen molar-refractivity contribution in [3.05, 3.63) is 58.7 Å². The third kappa shape index (κ3) is 22.9. The van der Waals surface area contributed by atoms with E-state index in [9.17, 15) is 9.59 Å². The molecule has 6 nitrogen and oxygen atoms in total. The number of carbonyl (C=O) groups is 2. The third-order valence-corrected chi connectivity index (χ3v) is 14.6. The number of unbranched alkanes of at least 4 members (excludes halogenated alkanes) is 24. The monoisotopic (exact) mass is 915 g/mol. The van der Waals surface area contributed by atoms with Crippen molar-refractivity contribution in [1.82, 2.24) is 10.6 Å². The number of benzene rings is 2. The second-order valence-corrected chi connectivity index (χ2v) is 21.7. The van der Waals surface area contributed by atoms with E-state index in [4.69, 9.17) is 9.47 Å². The minimum absolute atomic E-state index is 0.102. The first-order valence-corrected chi connectivity index (χ1v) is 28.2. The number of hydrogen-bond donors (Lipinski definition) is 2. The van der Waals surface area contributed by atoms with E-state index in [-0.39, 0.29) is 17.6 Å². The van der Waals surface area contributed by atoms with Gasteiger partial charge in [0.2, 0.25) is 6.41 Å². The predicted molar refractivity (Wildman–Crippen MR) is 282 cm³/mol. The fourth-order valence-corrected chi connectivity index (χ4v) is 11.2. The van der Waals surface area contributed by atoms with Crippen LogP contribution in [0.5, 0.6) is 11.5 Å². The van der Waals surface area contributed by atoms with E-state index in [2.05, 4.69) is 89.4 Å². The highest BCUT2D eigenvalue weighted by atomic mass is 16.6. The lowest BCUT2D eigenvalue weighted by atomic mass is 9.61. The Morgan fingerprint density at radius 3 is 1.39 bits per heavy atom. The zero-order chi connectivity index (χ0) is 47.7. The highest BCUT2D eigenvalue weighted by Gasteiger charge is 2.48. The van der Waals surface area contributed by atoms with E-state index in [0.717, 1.165) is 63.5 Å². The van der Waals surface area contributed by atoms with Crippen LogP contribution in [0.25, 0.3) is 0 Å². The maximum atomic E-state index is 14.0. The first-order valence-electron chi connectivity index (χ1n) is 28.2. The molecule has 2 aromatic rings. The van der Waals surface area contributed by atoms with Crippen molar-refractivity contribution in [2.24, 2.45) is 10.8 Å². The predicted octanol–water partition coefficient (Wildman–Crippen LogP) is 17.7. The minimum Gasteiger partial charge on any atom is -0.470 e. The molecule has 66 heavy (non-hydrogen) atoms. The van der Waals surface area contributed by atoms with Crippen molar-refractivity contribution in [3.63, 3.8) is 0 Å². The van der Waals surface area contributed by atoms with Gasteiger partial charge in [-0.1, -0.05) is 227 Å². The molecule has 6 heteroatoms. The van der Waals surface area contributed by atoms with Crippen LogP contribution in [0.3, 0.4) is 0 Å². The molecule has 1 aliphatic rings. The lowest BCUT2D eigenvalue weighted by molar-refractivity contribution is -0.116. The molecule has 376 valence electrons. The van der Waals surface area contributed by atoms with Gasteiger partial charge in [0.25, 0.3) is 0 Å². The molecule has 1 fully saturated rings. The Morgan fingerprint density at radius 2 is 0.955 bits per heavy atom. The van der Waals surface area contributed by atoms with Crippen molar-refractivity contribution in [2.45, 2.75) is 285 Å². The number of rotatable bonds is 39. The van der Waals surface area contributed by atoms with E-state index in [0.29, 0.717) is 12.2 Å². The smallest absolute Gasteiger partial charge is 0.412 e. The van der Waals surface area contributed by atoms with Crippen molar-refractivity contribution in [3.8, 4) is 11.5 Å². The quantitative estimate of drug-likeness (QED) is 0.0398. The zero-order valence-electron chi connectivity index (χ0n) is 44.1. The Hall–Kier alpha value is -3.02. The highest BCUT2D eigenvalue weighted by Crippen LogP contribution is 2.49. The molecular weight excluding hydrogens is 813 g/mol. The van der Waals surface area contributed by atoms with Gasteiger partial charge in [0.15, 0.2) is 6.23 Å². The number of ether oxygens (including phenoxy) is 2. The van der Waals surface area contributed by atoms with Gasteiger partial charge in [-0.05, 0) is 110 Å². The number of nitrogens with one attached hydrogen (secondary N) is 2. The fourth-order valence-electron chi connectivity index (χ4n) is 11.2. The van der Waals surface area contributed by atoms with Crippen LogP contribution in [0.1, 0.15) is 270 Å². The lowest BCUT2D eigenvalue weighted by Crippen LogP contribution is -2.56. The summed E-state index contributed by atoms with van der Waals surface area (Å²) in [6.07, 6.45) is 41.9. The standard InChI is InChI=1S/C60H102N2O4/c1-8-12-16-20-24-28-32-38-50-40-36-44-55(53(50)42-34-30-26-22-18-14-10-3)65-57(61-49-63)60(7)47-52(46-59(5,6)48-60)62-58(64)66-56-45-37-41-51(39-33-29-25-21-17-13-9-2)54(56)43-35-31-27-23-19-15-11-4/h36-37,40-41,44-45,49,52,57H,8-35,38-39,42-43,46-48H2,1-7H3,(H,61,63)(H,62,64). The van der Waals surface area contributed by atoms with Gasteiger partial charge < -0.3 is 20.1 Å². The normalized spacial score (nSPS) is 17.3. The highest BCUT2D eigenvalue weighted by molar-refractivity contribution is 5.71. The molecule has 0 aliphatic heterocycles. The van der Waals surface area contributed by atoms with Crippen LogP contribution in [0.4, 0.5) is 4.79 Å². The third-order valence-electron chi connectivity index (χ3n) is 14.6. The second-order valence-electron chi connectivity index (χ2n) is 21.7. The largest absolute Gasteiger partial charge is 0.470 e. The van der Waals surface area contributed by atoms with Crippen molar-refractivity contribution in [1.29, 1.82) is 0 Å². The van der Waals surface area contributed by atoms with Crippen LogP contribution in [0.2, 0.25) is 0 Å². The molecule has 3 rings (SSSR count). The topological polar surface area (TPSA) is 76.7 Å². The van der Waals surface area contributed by atoms with E-state index in [1.54, 1.807) is 0 Å². The first kappa shape index (κ1) is 57.3. The van der Waals surface area contributed by atoms with Crippen molar-refractivity contribution in [2.75, 3.05) is 0 Å². The van der Waals surface area contributed by atoms with E-state index < -0.39 is 11.6 Å². The summed E-state index contributed by atoms with van der Waals surface area (Å²) in [6.45, 7) is 15.9. The molecule has 3 unspecified atom stereocenters. The average Bonchev–Trinajstić information content (AvgIpc) is 3.28. The van der Waals surface area contributed by atoms with Gasteiger partial charge >= 0.3 is 6.09 Å². The maximum Gasteiger partial charge on any atom is 0.412 e. The van der Waals surface area contributed by atoms with Crippen LogP contribution in [-0.2, 0) is 30.5 Å². The van der Waals surface area contributed by atoms with Gasteiger partial charge in [-0.2, -0.15) is 0 Å². The average molecular weight is 915 g/mol. The number of hydrogen-bond acceptors (Lipinski definition) is 4. The molecule has 2 N–H and O–H groups in total. The van der Waals surface area contributed by atoms with Crippen LogP contribution in [0, 0.1) is 10.8 Å². The molecule has 3 atom stereocenters. The summed E-state index contributed by atoms with van der Waals surface area (Å²) in [5, 5.41) is 6.49. The van der Waals surface area contributed by atoms with Gasteiger partial charge in [0.05, 0.1) is 0 Å². The van der Waals surface area contributed by atoms with Crippen LogP contribution >= 0.6 is 0 Å². The Labute approximate surface area is 407 Å². The van der Waals surface area contributed by atoms with Gasteiger partial charge in [0.1, 0.15) is 11.5 Å². The van der Waals surface area contributed by atoms with Gasteiger partial charge in [-0.3, -0.25) is 4.79 Å². The van der Waals surface area contributed by atoms with Crippen molar-refractivity contribution < 1.29 is 19.1 Å². The molecule has 1 saturated carbocycles. The van der Waals surface area contributed by atoms with Crippen LogP contribution in [0.15, 0.2) is 36.4 Å². The fraction of sp³-hybridized carbons (Fsp3) is 0.767. The second kappa shape index (κ2) is 34.3. The Balaban J connectivity index is 1.78. The van der Waals surface area contributed by atoms with Gasteiger partial charge in [0, 0.05) is 11.5 Å². The summed E-state index contributed by atoms with van der Waals surface area (Å²) in [4.78, 5) is 26.5. The summed E-state index contributed by atoms with van der Waals surface area (Å²) < 4.78 is 13.4. The van der Waals surface area contributed by atoms with Gasteiger partial charge in [-0.15, -0.1) is 0 Å². The molecule has 0 spiro atoms. The van der Waals surface area contributed by atoms with Crippen LogP contribution in [-0.4, -0.2) is 24.8 Å². The molecule has 1 aliphatic carbocycles. The Kier molecular flexibility index (Phi) is 29.8. The van der Waals surface area contributed by atoms with Crippen molar-refractivity contribution >= 4 is 12.5 Å². The zero-order valence-corrected chi connectivity index (χ0v) is 44.1.